The summed E-state index contributed by atoms with van der Waals surface area (Å²) in [5.41, 5.74) is 2.51. The van der Waals surface area contributed by atoms with Gasteiger partial charge in [0.2, 0.25) is 5.91 Å². The molecule has 1 fully saturated rings. The van der Waals surface area contributed by atoms with Crippen molar-refractivity contribution in [1.29, 1.82) is 0 Å². The van der Waals surface area contributed by atoms with Crippen LogP contribution in [0.25, 0.3) is 0 Å². The van der Waals surface area contributed by atoms with Gasteiger partial charge in [-0.3, -0.25) is 4.79 Å². The van der Waals surface area contributed by atoms with Crippen molar-refractivity contribution in [2.24, 2.45) is 5.92 Å². The smallest absolute Gasteiger partial charge is 0.319 e. The third-order valence-corrected chi connectivity index (χ3v) is 4.01. The van der Waals surface area contributed by atoms with Crippen molar-refractivity contribution in [3.63, 3.8) is 0 Å². The Hall–Kier alpha value is -2.82. The van der Waals surface area contributed by atoms with Gasteiger partial charge in [-0.2, -0.15) is 0 Å². The minimum absolute atomic E-state index is 0.0937. The van der Waals surface area contributed by atoms with Crippen molar-refractivity contribution >= 4 is 23.3 Å². The molecule has 1 saturated carbocycles. The number of hydrogen-bond acceptors (Lipinski definition) is 2. The van der Waals surface area contributed by atoms with Gasteiger partial charge in [-0.05, 0) is 49.6 Å². The number of amides is 3. The highest BCUT2D eigenvalue weighted by Gasteiger charge is 2.29. The largest absolute Gasteiger partial charge is 0.331 e. The normalized spacial score (nSPS) is 14.5. The molecule has 3 N–H and O–H groups in total. The zero-order chi connectivity index (χ0) is 16.9. The van der Waals surface area contributed by atoms with E-state index < -0.39 is 0 Å². The van der Waals surface area contributed by atoms with E-state index in [2.05, 4.69) is 16.0 Å². The third-order valence-electron chi connectivity index (χ3n) is 4.01. The number of para-hydroxylation sites is 1. The van der Waals surface area contributed by atoms with Gasteiger partial charge in [0.25, 0.3) is 0 Å². The van der Waals surface area contributed by atoms with Gasteiger partial charge in [0.05, 0.1) is 6.04 Å². The van der Waals surface area contributed by atoms with E-state index >= 15 is 0 Å². The van der Waals surface area contributed by atoms with Crippen molar-refractivity contribution in [3.05, 3.63) is 60.2 Å². The standard InChI is InChI=1S/C19H21N3O2/c1-13(20-19(24)22-16-5-3-2-4-6-16)14-9-11-17(12-10-14)21-18(23)15-7-8-15/h2-6,9-13,15H,7-8H2,1H3,(H,21,23)(H2,20,22,24). The number of hydrogen-bond donors (Lipinski definition) is 3. The summed E-state index contributed by atoms with van der Waals surface area (Å²) >= 11 is 0. The molecule has 0 saturated heterocycles. The first-order chi connectivity index (χ1) is 11.6. The first kappa shape index (κ1) is 16.1. The maximum absolute atomic E-state index is 12.0. The molecule has 0 spiro atoms. The van der Waals surface area contributed by atoms with E-state index in [9.17, 15) is 9.59 Å². The van der Waals surface area contributed by atoms with Crippen LogP contribution in [-0.4, -0.2) is 11.9 Å². The summed E-state index contributed by atoms with van der Waals surface area (Å²) < 4.78 is 0. The van der Waals surface area contributed by atoms with Crippen LogP contribution >= 0.6 is 0 Å². The molecule has 3 amide bonds. The summed E-state index contributed by atoms with van der Waals surface area (Å²) in [6.45, 7) is 1.92. The summed E-state index contributed by atoms with van der Waals surface area (Å²) in [4.78, 5) is 23.7. The number of anilines is 2. The Labute approximate surface area is 141 Å². The fraction of sp³-hybridized carbons (Fsp3) is 0.263. The molecular weight excluding hydrogens is 302 g/mol. The Balaban J connectivity index is 1.53. The Morgan fingerprint density at radius 1 is 0.917 bits per heavy atom. The van der Waals surface area contributed by atoms with Crippen LogP contribution in [0.4, 0.5) is 16.2 Å². The highest BCUT2D eigenvalue weighted by atomic mass is 16.2. The molecule has 2 aromatic carbocycles. The molecule has 3 rings (SSSR count). The summed E-state index contributed by atoms with van der Waals surface area (Å²) in [5, 5.41) is 8.59. The quantitative estimate of drug-likeness (QED) is 0.780. The van der Waals surface area contributed by atoms with E-state index in [1.165, 1.54) is 0 Å². The van der Waals surface area contributed by atoms with Gasteiger partial charge in [-0.1, -0.05) is 30.3 Å². The topological polar surface area (TPSA) is 70.2 Å². The van der Waals surface area contributed by atoms with Crippen molar-refractivity contribution in [2.75, 3.05) is 10.6 Å². The zero-order valence-corrected chi connectivity index (χ0v) is 13.6. The van der Waals surface area contributed by atoms with Crippen molar-refractivity contribution in [2.45, 2.75) is 25.8 Å². The Morgan fingerprint density at radius 2 is 1.54 bits per heavy atom. The van der Waals surface area contributed by atoms with E-state index in [1.807, 2.05) is 61.5 Å². The first-order valence-electron chi connectivity index (χ1n) is 8.15. The minimum Gasteiger partial charge on any atom is -0.331 e. The van der Waals surface area contributed by atoms with Crippen LogP contribution in [0, 0.1) is 5.92 Å². The van der Waals surface area contributed by atoms with Gasteiger partial charge in [-0.15, -0.1) is 0 Å². The summed E-state index contributed by atoms with van der Waals surface area (Å²) in [7, 11) is 0. The maximum Gasteiger partial charge on any atom is 0.319 e. The van der Waals surface area contributed by atoms with Crippen molar-refractivity contribution in [3.8, 4) is 0 Å². The van der Waals surface area contributed by atoms with Crippen molar-refractivity contribution < 1.29 is 9.59 Å². The zero-order valence-electron chi connectivity index (χ0n) is 13.6. The van der Waals surface area contributed by atoms with Gasteiger partial charge >= 0.3 is 6.03 Å². The second-order valence-corrected chi connectivity index (χ2v) is 6.07. The molecule has 5 heteroatoms. The van der Waals surface area contributed by atoms with Crippen LogP contribution in [0.5, 0.6) is 0 Å². The highest BCUT2D eigenvalue weighted by Crippen LogP contribution is 2.30. The second-order valence-electron chi connectivity index (χ2n) is 6.07. The number of nitrogens with one attached hydrogen (secondary N) is 3. The predicted octanol–water partition coefficient (Wildman–Crippen LogP) is 3.92. The first-order valence-corrected chi connectivity index (χ1v) is 8.15. The number of urea groups is 1. The average molecular weight is 323 g/mol. The van der Waals surface area contributed by atoms with Crippen LogP contribution in [0.2, 0.25) is 0 Å². The fourth-order valence-corrected chi connectivity index (χ4v) is 2.41. The SMILES string of the molecule is CC(NC(=O)Nc1ccccc1)c1ccc(NC(=O)C2CC2)cc1. The fourth-order valence-electron chi connectivity index (χ4n) is 2.41. The summed E-state index contributed by atoms with van der Waals surface area (Å²) in [5.74, 6) is 0.281. The molecule has 0 aromatic heterocycles. The molecule has 1 aliphatic carbocycles. The molecule has 1 atom stereocenters. The van der Waals surface area contributed by atoms with Gasteiger partial charge in [0.1, 0.15) is 0 Å². The second kappa shape index (κ2) is 7.17. The Morgan fingerprint density at radius 3 is 2.17 bits per heavy atom. The molecule has 0 aliphatic heterocycles. The number of carbonyl (C=O) groups excluding carboxylic acids is 2. The van der Waals surface area contributed by atoms with Gasteiger partial charge in [0.15, 0.2) is 0 Å². The highest BCUT2D eigenvalue weighted by molar-refractivity contribution is 5.94. The van der Waals surface area contributed by atoms with Crippen LogP contribution < -0.4 is 16.0 Å². The van der Waals surface area contributed by atoms with Crippen LogP contribution in [0.15, 0.2) is 54.6 Å². The molecule has 5 nitrogen and oxygen atoms in total. The molecule has 0 heterocycles. The lowest BCUT2D eigenvalue weighted by atomic mass is 10.1. The number of benzene rings is 2. The Kier molecular flexibility index (Phi) is 4.79. The van der Waals surface area contributed by atoms with Gasteiger partial charge in [-0.25, -0.2) is 4.79 Å². The third kappa shape index (κ3) is 4.35. The van der Waals surface area contributed by atoms with E-state index in [1.54, 1.807) is 0 Å². The van der Waals surface area contributed by atoms with E-state index in [-0.39, 0.29) is 23.9 Å². The van der Waals surface area contributed by atoms with E-state index in [0.717, 1.165) is 29.8 Å². The molecule has 0 bridgehead atoms. The summed E-state index contributed by atoms with van der Waals surface area (Å²) in [6, 6.07) is 16.5. The maximum atomic E-state index is 12.0. The van der Waals surface area contributed by atoms with Crippen LogP contribution in [0.1, 0.15) is 31.4 Å². The van der Waals surface area contributed by atoms with Crippen LogP contribution in [-0.2, 0) is 4.79 Å². The average Bonchev–Trinajstić information content (AvgIpc) is 3.41. The molecule has 24 heavy (non-hydrogen) atoms. The predicted molar refractivity (Wildman–Crippen MR) is 94.8 cm³/mol. The van der Waals surface area contributed by atoms with Crippen molar-refractivity contribution in [1.82, 2.24) is 5.32 Å². The molecule has 1 aliphatic rings. The van der Waals surface area contributed by atoms with E-state index in [0.29, 0.717) is 0 Å². The minimum atomic E-state index is -0.250. The molecule has 2 aromatic rings. The molecule has 1 unspecified atom stereocenters. The van der Waals surface area contributed by atoms with Gasteiger partial charge < -0.3 is 16.0 Å². The molecule has 124 valence electrons. The van der Waals surface area contributed by atoms with Gasteiger partial charge in [0, 0.05) is 17.3 Å². The lowest BCUT2D eigenvalue weighted by Crippen LogP contribution is -2.31. The monoisotopic (exact) mass is 323 g/mol. The lowest BCUT2D eigenvalue weighted by molar-refractivity contribution is -0.117. The lowest BCUT2D eigenvalue weighted by Gasteiger charge is -2.15. The van der Waals surface area contributed by atoms with E-state index in [4.69, 9.17) is 0 Å². The number of rotatable bonds is 5. The summed E-state index contributed by atoms with van der Waals surface area (Å²) in [6.07, 6.45) is 1.97. The molecule has 0 radical (unpaired) electrons. The Bertz CT molecular complexity index is 709. The number of carbonyl (C=O) groups is 2. The van der Waals surface area contributed by atoms with Crippen LogP contribution in [0.3, 0.4) is 0 Å². The molecular formula is C19H21N3O2.